The van der Waals surface area contributed by atoms with Gasteiger partial charge in [-0.2, -0.15) is 0 Å². The van der Waals surface area contributed by atoms with Crippen molar-refractivity contribution < 1.29 is 37.0 Å². The molecule has 0 radical (unpaired) electrons. The summed E-state index contributed by atoms with van der Waals surface area (Å²) in [7, 11) is 0. The van der Waals surface area contributed by atoms with Gasteiger partial charge < -0.3 is 10.1 Å². The van der Waals surface area contributed by atoms with E-state index in [1.54, 1.807) is 20.8 Å². The van der Waals surface area contributed by atoms with E-state index in [-0.39, 0.29) is 24.3 Å². The SMILES string of the molecule is CC(C)(C)OC(=O)NC12CCC(C(=O)NNC(=O)[C@H]3C[C@@H](OC(F)(F)F)C3)(CC1)CC2. The van der Waals surface area contributed by atoms with Crippen molar-refractivity contribution in [2.45, 2.75) is 95.7 Å². The molecular weight excluding hydrogens is 419 g/mol. The summed E-state index contributed by atoms with van der Waals surface area (Å²) < 4.78 is 45.7. The van der Waals surface area contributed by atoms with E-state index in [9.17, 15) is 27.6 Å². The molecule has 0 unspecified atom stereocenters. The summed E-state index contributed by atoms with van der Waals surface area (Å²) in [6, 6.07) is 0. The normalized spacial score (nSPS) is 32.6. The number of hydrogen-bond donors (Lipinski definition) is 3. The van der Waals surface area contributed by atoms with Crippen molar-refractivity contribution in [1.29, 1.82) is 0 Å². The highest BCUT2D eigenvalue weighted by molar-refractivity contribution is 5.87. The zero-order chi connectivity index (χ0) is 23.1. The van der Waals surface area contributed by atoms with Gasteiger partial charge in [-0.15, -0.1) is 13.2 Å². The Hall–Kier alpha value is -2.04. The summed E-state index contributed by atoms with van der Waals surface area (Å²) in [4.78, 5) is 37.0. The fourth-order valence-corrected chi connectivity index (χ4v) is 4.65. The molecule has 0 aromatic heterocycles. The van der Waals surface area contributed by atoms with Crippen LogP contribution in [-0.2, 0) is 19.1 Å². The molecule has 3 N–H and O–H groups in total. The predicted octanol–water partition coefficient (Wildman–Crippen LogP) is 3.07. The third-order valence-corrected chi connectivity index (χ3v) is 6.56. The summed E-state index contributed by atoms with van der Waals surface area (Å²) in [5, 5.41) is 2.98. The standard InChI is InChI=1S/C20H30F3N3O5/c1-17(2,3)31-16(29)24-19-7-4-18(5-8-19,6-9-19)15(28)26-25-14(27)12-10-13(11-12)30-20(21,22)23/h12-13H,4-11H2,1-3H3,(H,24,29)(H,25,27)(H,26,28)/t12-,13+,18?,19?. The summed E-state index contributed by atoms with van der Waals surface area (Å²) in [6.07, 6.45) is -2.68. The maximum atomic E-state index is 12.8. The number of alkyl carbamates (subject to hydrolysis) is 1. The molecule has 0 aromatic carbocycles. The largest absolute Gasteiger partial charge is 0.522 e. The second-order valence-electron chi connectivity index (χ2n) is 9.98. The fourth-order valence-electron chi connectivity index (χ4n) is 4.65. The molecule has 0 spiro atoms. The van der Waals surface area contributed by atoms with Crippen LogP contribution in [0.3, 0.4) is 0 Å². The Kier molecular flexibility index (Phi) is 6.20. The van der Waals surface area contributed by atoms with Gasteiger partial charge in [0.2, 0.25) is 11.8 Å². The van der Waals surface area contributed by atoms with Crippen LogP contribution in [0.1, 0.15) is 72.1 Å². The second-order valence-corrected chi connectivity index (χ2v) is 9.98. The van der Waals surface area contributed by atoms with Gasteiger partial charge in [-0.05, 0) is 72.1 Å². The van der Waals surface area contributed by atoms with Gasteiger partial charge in [0.25, 0.3) is 0 Å². The highest BCUT2D eigenvalue weighted by atomic mass is 19.4. The van der Waals surface area contributed by atoms with Crippen LogP contribution in [0, 0.1) is 11.3 Å². The highest BCUT2D eigenvalue weighted by Gasteiger charge is 2.53. The predicted molar refractivity (Wildman–Crippen MR) is 102 cm³/mol. The van der Waals surface area contributed by atoms with Crippen LogP contribution in [0.5, 0.6) is 0 Å². The van der Waals surface area contributed by atoms with Gasteiger partial charge in [-0.1, -0.05) is 0 Å². The van der Waals surface area contributed by atoms with Crippen molar-refractivity contribution in [2.24, 2.45) is 11.3 Å². The average Bonchev–Trinajstić information content (AvgIpc) is 2.61. The van der Waals surface area contributed by atoms with Crippen molar-refractivity contribution >= 4 is 17.9 Å². The first kappa shape index (κ1) is 23.6. The van der Waals surface area contributed by atoms with Gasteiger partial charge >= 0.3 is 12.5 Å². The van der Waals surface area contributed by atoms with Crippen LogP contribution in [0.4, 0.5) is 18.0 Å². The van der Waals surface area contributed by atoms with Crippen LogP contribution in [-0.4, -0.2) is 41.5 Å². The third-order valence-electron chi connectivity index (χ3n) is 6.56. The van der Waals surface area contributed by atoms with E-state index in [2.05, 4.69) is 20.9 Å². The number of ether oxygens (including phenoxy) is 2. The molecule has 0 atom stereocenters. The van der Waals surface area contributed by atoms with Gasteiger partial charge in [0, 0.05) is 11.5 Å². The zero-order valence-corrected chi connectivity index (χ0v) is 18.0. The highest BCUT2D eigenvalue weighted by Crippen LogP contribution is 2.52. The van der Waals surface area contributed by atoms with Crippen molar-refractivity contribution in [3.05, 3.63) is 0 Å². The number of hydrogen-bond acceptors (Lipinski definition) is 5. The lowest BCUT2D eigenvalue weighted by molar-refractivity contribution is -0.353. The molecule has 31 heavy (non-hydrogen) atoms. The smallest absolute Gasteiger partial charge is 0.444 e. The van der Waals surface area contributed by atoms with E-state index in [0.29, 0.717) is 38.5 Å². The lowest BCUT2D eigenvalue weighted by Crippen LogP contribution is -2.61. The first-order valence-corrected chi connectivity index (χ1v) is 10.6. The minimum atomic E-state index is -4.71. The molecule has 0 heterocycles. The van der Waals surface area contributed by atoms with Gasteiger partial charge in [0.1, 0.15) is 5.60 Å². The monoisotopic (exact) mass is 449 g/mol. The number of fused-ring (bicyclic) bond motifs is 3. The first-order valence-electron chi connectivity index (χ1n) is 10.6. The molecule has 4 saturated carbocycles. The number of hydrazine groups is 1. The van der Waals surface area contributed by atoms with E-state index in [0.717, 1.165) is 0 Å². The molecule has 4 fully saturated rings. The molecule has 3 amide bonds. The molecule has 0 aromatic rings. The summed E-state index contributed by atoms with van der Waals surface area (Å²) in [5.74, 6) is -1.43. The topological polar surface area (TPSA) is 106 Å². The van der Waals surface area contributed by atoms with Gasteiger partial charge in [0.15, 0.2) is 0 Å². The number of amides is 3. The van der Waals surface area contributed by atoms with Crippen molar-refractivity contribution in [3.8, 4) is 0 Å². The van der Waals surface area contributed by atoms with E-state index in [1.165, 1.54) is 0 Å². The summed E-state index contributed by atoms with van der Waals surface area (Å²) >= 11 is 0. The Morgan fingerprint density at radius 1 is 0.903 bits per heavy atom. The summed E-state index contributed by atoms with van der Waals surface area (Å²) in [5.41, 5.74) is 3.20. The number of nitrogens with one attached hydrogen (secondary N) is 3. The minimum Gasteiger partial charge on any atom is -0.444 e. The molecule has 0 saturated heterocycles. The molecule has 8 nitrogen and oxygen atoms in total. The maximum absolute atomic E-state index is 12.8. The number of halogens is 3. The average molecular weight is 449 g/mol. The van der Waals surface area contributed by atoms with E-state index >= 15 is 0 Å². The quantitative estimate of drug-likeness (QED) is 0.572. The molecule has 4 aliphatic carbocycles. The van der Waals surface area contributed by atoms with E-state index < -0.39 is 41.4 Å². The number of rotatable bonds is 4. The first-order chi connectivity index (χ1) is 14.2. The van der Waals surface area contributed by atoms with Crippen LogP contribution >= 0.6 is 0 Å². The molecule has 4 aliphatic rings. The Morgan fingerprint density at radius 2 is 1.45 bits per heavy atom. The number of carbonyl (C=O) groups is 3. The number of carbonyl (C=O) groups excluding carboxylic acids is 3. The summed E-state index contributed by atoms with van der Waals surface area (Å²) in [6.45, 7) is 5.38. The van der Waals surface area contributed by atoms with Crippen LogP contribution in [0.15, 0.2) is 0 Å². The van der Waals surface area contributed by atoms with Crippen molar-refractivity contribution in [3.63, 3.8) is 0 Å². The third kappa shape index (κ3) is 5.81. The van der Waals surface area contributed by atoms with Crippen LogP contribution in [0.25, 0.3) is 0 Å². The molecule has 2 bridgehead atoms. The Labute approximate surface area is 178 Å². The lowest BCUT2D eigenvalue weighted by Gasteiger charge is -2.52. The van der Waals surface area contributed by atoms with E-state index in [1.807, 2.05) is 0 Å². The molecule has 0 aliphatic heterocycles. The van der Waals surface area contributed by atoms with Crippen LogP contribution in [0.2, 0.25) is 0 Å². The van der Waals surface area contributed by atoms with Crippen molar-refractivity contribution in [1.82, 2.24) is 16.2 Å². The molecular formula is C20H30F3N3O5. The molecule has 11 heteroatoms. The van der Waals surface area contributed by atoms with E-state index in [4.69, 9.17) is 4.74 Å². The van der Waals surface area contributed by atoms with Gasteiger partial charge in [-0.25, -0.2) is 4.79 Å². The molecule has 4 rings (SSSR count). The number of alkyl halides is 3. The van der Waals surface area contributed by atoms with Crippen LogP contribution < -0.4 is 16.2 Å². The second kappa shape index (κ2) is 8.14. The van der Waals surface area contributed by atoms with Gasteiger partial charge in [-0.3, -0.25) is 25.2 Å². The minimum absolute atomic E-state index is 0.0365. The zero-order valence-electron chi connectivity index (χ0n) is 18.0. The molecule has 176 valence electrons. The Morgan fingerprint density at radius 3 is 1.94 bits per heavy atom. The maximum Gasteiger partial charge on any atom is 0.522 e. The van der Waals surface area contributed by atoms with Gasteiger partial charge in [0.05, 0.1) is 11.5 Å². The Bertz CT molecular complexity index is 704. The Balaban J connectivity index is 1.43. The van der Waals surface area contributed by atoms with Crippen molar-refractivity contribution in [2.75, 3.05) is 0 Å². The fraction of sp³-hybridized carbons (Fsp3) is 0.850. The lowest BCUT2D eigenvalue weighted by atomic mass is 9.57.